The molecule has 19 heteroatoms. The lowest BCUT2D eigenvalue weighted by Gasteiger charge is -2.21. The van der Waals surface area contributed by atoms with E-state index >= 15 is 0 Å². The number of hydrogen-bond donors (Lipinski definition) is 3. The van der Waals surface area contributed by atoms with E-state index in [4.69, 9.17) is 37.0 Å². The second-order valence-electron chi connectivity index (χ2n) is 32.2. The third-order valence-corrected chi connectivity index (χ3v) is 22.1. The van der Waals surface area contributed by atoms with E-state index in [9.17, 15) is 43.2 Å². The van der Waals surface area contributed by atoms with Crippen molar-refractivity contribution < 1.29 is 80.2 Å². The van der Waals surface area contributed by atoms with Gasteiger partial charge in [0.1, 0.15) is 19.3 Å². The van der Waals surface area contributed by atoms with Crippen LogP contribution in [0.3, 0.4) is 0 Å². The maximum absolute atomic E-state index is 13.1. The van der Waals surface area contributed by atoms with Crippen molar-refractivity contribution in [2.75, 3.05) is 39.6 Å². The molecule has 0 amide bonds. The van der Waals surface area contributed by atoms with Gasteiger partial charge in [0.15, 0.2) is 12.2 Å². The van der Waals surface area contributed by atoms with E-state index in [1.807, 2.05) is 0 Å². The molecule has 0 aromatic rings. The van der Waals surface area contributed by atoms with Gasteiger partial charge in [-0.1, -0.05) is 389 Å². The van der Waals surface area contributed by atoms with Crippen LogP contribution in [0.5, 0.6) is 0 Å². The summed E-state index contributed by atoms with van der Waals surface area (Å²) in [4.78, 5) is 73.2. The predicted octanol–water partition coefficient (Wildman–Crippen LogP) is 25.6. The van der Waals surface area contributed by atoms with E-state index in [2.05, 4.69) is 55.4 Å². The molecular weight excluding hydrogens is 1350 g/mol. The van der Waals surface area contributed by atoms with Gasteiger partial charge in [-0.05, 0) is 49.4 Å². The minimum atomic E-state index is -4.97. The highest BCUT2D eigenvalue weighted by atomic mass is 31.2. The Morgan fingerprint density at radius 3 is 0.683 bits per heavy atom. The number of aliphatic hydroxyl groups excluding tert-OH is 1. The number of carbonyl (C=O) groups is 4. The molecule has 0 rings (SSSR count). The number of rotatable bonds is 82. The maximum Gasteiger partial charge on any atom is 0.472 e. The molecule has 0 aliphatic carbocycles. The van der Waals surface area contributed by atoms with E-state index in [1.165, 1.54) is 238 Å². The predicted molar refractivity (Wildman–Crippen MR) is 428 cm³/mol. The summed E-state index contributed by atoms with van der Waals surface area (Å²) in [6.45, 7) is 14.3. The van der Waals surface area contributed by atoms with E-state index in [-0.39, 0.29) is 25.7 Å². The summed E-state index contributed by atoms with van der Waals surface area (Å²) in [5, 5.41) is 10.7. The summed E-state index contributed by atoms with van der Waals surface area (Å²) in [7, 11) is -9.93. The van der Waals surface area contributed by atoms with Crippen molar-refractivity contribution in [3.8, 4) is 0 Å². The molecule has 104 heavy (non-hydrogen) atoms. The average molecular weight is 1520 g/mol. The highest BCUT2D eigenvalue weighted by Gasteiger charge is 2.30. The summed E-state index contributed by atoms with van der Waals surface area (Å²) in [5.74, 6) is 1.04. The van der Waals surface area contributed by atoms with Gasteiger partial charge in [0.05, 0.1) is 26.4 Å². The van der Waals surface area contributed by atoms with E-state index in [1.54, 1.807) is 0 Å². The molecule has 0 aromatic heterocycles. The van der Waals surface area contributed by atoms with Crippen LogP contribution in [-0.2, 0) is 65.4 Å². The summed E-state index contributed by atoms with van der Waals surface area (Å²) >= 11 is 0. The highest BCUT2D eigenvalue weighted by Crippen LogP contribution is 2.45. The molecule has 4 unspecified atom stereocenters. The Hall–Kier alpha value is -1.94. The number of phosphoric ester groups is 2. The summed E-state index contributed by atoms with van der Waals surface area (Å²) < 4.78 is 68.8. The number of carbonyl (C=O) groups excluding carboxylic acids is 4. The number of esters is 4. The fourth-order valence-electron chi connectivity index (χ4n) is 13.1. The zero-order valence-electron chi connectivity index (χ0n) is 68.7. The second kappa shape index (κ2) is 73.8. The van der Waals surface area contributed by atoms with Crippen LogP contribution in [-0.4, -0.2) is 96.7 Å². The summed E-state index contributed by atoms with van der Waals surface area (Å²) in [6, 6.07) is 0. The first-order chi connectivity index (χ1) is 50.1. The van der Waals surface area contributed by atoms with E-state index < -0.39 is 97.5 Å². The van der Waals surface area contributed by atoms with Crippen molar-refractivity contribution in [3.05, 3.63) is 0 Å². The molecule has 0 heterocycles. The maximum atomic E-state index is 13.1. The lowest BCUT2D eigenvalue weighted by molar-refractivity contribution is -0.161. The SMILES string of the molecule is CCC(C)CCCCCCCCCCCCCCCCCCCCC(=O)O[C@H](COC(=O)CCCCCCCCCCCCCCC(C)C)COP(=O)(O)OCC(O)COP(=O)(O)OC[C@@H](COC(=O)CCCCCCCCCC(C)C)OC(=O)CCCCCCCCCCCCCCCCC(C)C. The molecule has 0 aliphatic rings. The van der Waals surface area contributed by atoms with Crippen molar-refractivity contribution in [1.29, 1.82) is 0 Å². The third kappa shape index (κ3) is 76.8. The molecule has 0 fully saturated rings. The summed E-state index contributed by atoms with van der Waals surface area (Å²) in [6.07, 6.45) is 62.5. The van der Waals surface area contributed by atoms with E-state index in [0.29, 0.717) is 31.6 Å². The third-order valence-electron chi connectivity index (χ3n) is 20.2. The molecule has 0 saturated carbocycles. The number of unbranched alkanes of at least 4 members (excludes halogenated alkanes) is 47. The van der Waals surface area contributed by atoms with Crippen molar-refractivity contribution in [3.63, 3.8) is 0 Å². The first-order valence-corrected chi connectivity index (χ1v) is 46.7. The van der Waals surface area contributed by atoms with Gasteiger partial charge in [-0.25, -0.2) is 9.13 Å². The van der Waals surface area contributed by atoms with E-state index in [0.717, 1.165) is 114 Å². The highest BCUT2D eigenvalue weighted by molar-refractivity contribution is 7.47. The fourth-order valence-corrected chi connectivity index (χ4v) is 14.7. The van der Waals surface area contributed by atoms with Crippen LogP contribution >= 0.6 is 15.6 Å². The van der Waals surface area contributed by atoms with Crippen LogP contribution in [0.25, 0.3) is 0 Å². The van der Waals surface area contributed by atoms with Crippen LogP contribution in [0.15, 0.2) is 0 Å². The van der Waals surface area contributed by atoms with Crippen molar-refractivity contribution >= 4 is 39.5 Å². The zero-order valence-corrected chi connectivity index (χ0v) is 70.5. The van der Waals surface area contributed by atoms with Gasteiger partial charge in [0, 0.05) is 25.7 Å². The van der Waals surface area contributed by atoms with Gasteiger partial charge >= 0.3 is 39.5 Å². The number of hydrogen-bond acceptors (Lipinski definition) is 15. The van der Waals surface area contributed by atoms with Gasteiger partial charge in [-0.3, -0.25) is 37.3 Å². The van der Waals surface area contributed by atoms with Gasteiger partial charge in [0.25, 0.3) is 0 Å². The average Bonchev–Trinajstić information content (AvgIpc) is 0.928. The van der Waals surface area contributed by atoms with Crippen LogP contribution in [0.4, 0.5) is 0 Å². The minimum absolute atomic E-state index is 0.107. The Kier molecular flexibility index (Phi) is 72.5. The van der Waals surface area contributed by atoms with Crippen LogP contribution in [0, 0.1) is 23.7 Å². The Labute approximate surface area is 638 Å². The molecule has 0 spiro atoms. The first-order valence-electron chi connectivity index (χ1n) is 43.7. The second-order valence-corrected chi connectivity index (χ2v) is 35.2. The number of aliphatic hydroxyl groups is 1. The normalized spacial score (nSPS) is 14.2. The number of ether oxygens (including phenoxy) is 4. The van der Waals surface area contributed by atoms with Gasteiger partial charge in [-0.2, -0.15) is 0 Å². The quantitative estimate of drug-likeness (QED) is 0.0222. The Balaban J connectivity index is 5.22. The molecule has 3 N–H and O–H groups in total. The standard InChI is InChI=1S/C85H166O17P2/c1-9-78(8)64-56-48-40-32-26-19-14-12-10-11-13-15-20-28-34-42-51-59-67-84(89)101-80(71-95-82(87)65-57-49-41-33-27-23-22-25-31-38-46-54-62-76(4)5)73-99-103(91,92)97-69-79(86)70-98-104(93,94)100-74-81(72-96-83(88)66-58-50-44-36-39-47-55-63-77(6)7)102-85(90)68-60-52-43-35-29-21-17-16-18-24-30-37-45-53-61-75(2)3/h75-81,86H,9-74H2,1-8H3,(H,91,92)(H,93,94)/t78?,79?,80-,81-/m1/s1. The molecule has 0 aromatic carbocycles. The zero-order chi connectivity index (χ0) is 76.7. The Morgan fingerprint density at radius 1 is 0.269 bits per heavy atom. The lowest BCUT2D eigenvalue weighted by Crippen LogP contribution is -2.30. The molecule has 0 bridgehead atoms. The molecule has 0 radical (unpaired) electrons. The smallest absolute Gasteiger partial charge is 0.462 e. The van der Waals surface area contributed by atoms with Crippen molar-refractivity contribution in [2.24, 2.45) is 23.7 Å². The Morgan fingerprint density at radius 2 is 0.462 bits per heavy atom. The Bertz CT molecular complexity index is 2030. The van der Waals surface area contributed by atoms with Crippen LogP contribution < -0.4 is 0 Å². The van der Waals surface area contributed by atoms with Gasteiger partial charge in [-0.15, -0.1) is 0 Å². The monoisotopic (exact) mass is 1520 g/mol. The molecule has 17 nitrogen and oxygen atoms in total. The van der Waals surface area contributed by atoms with Crippen molar-refractivity contribution in [2.45, 2.75) is 459 Å². The lowest BCUT2D eigenvalue weighted by atomic mass is 9.99. The first kappa shape index (κ1) is 102. The van der Waals surface area contributed by atoms with Gasteiger partial charge < -0.3 is 33.8 Å². The van der Waals surface area contributed by atoms with Gasteiger partial charge in [0.2, 0.25) is 0 Å². The molecule has 0 aliphatic heterocycles. The van der Waals surface area contributed by atoms with Crippen LogP contribution in [0.2, 0.25) is 0 Å². The molecule has 0 saturated heterocycles. The van der Waals surface area contributed by atoms with Crippen LogP contribution in [0.1, 0.15) is 441 Å². The molecular formula is C85H166O17P2. The summed E-state index contributed by atoms with van der Waals surface area (Å²) in [5.41, 5.74) is 0. The fraction of sp³-hybridized carbons (Fsp3) is 0.953. The molecule has 6 atom stereocenters. The van der Waals surface area contributed by atoms with Crippen molar-refractivity contribution in [1.82, 2.24) is 0 Å². The number of phosphoric acid groups is 2. The molecule has 618 valence electrons. The minimum Gasteiger partial charge on any atom is -0.462 e. The largest absolute Gasteiger partial charge is 0.472 e. The topological polar surface area (TPSA) is 237 Å².